The van der Waals surface area contributed by atoms with E-state index >= 15 is 0 Å². The Labute approximate surface area is 132 Å². The van der Waals surface area contributed by atoms with Crippen LogP contribution in [0.1, 0.15) is 12.5 Å². The molecule has 0 bridgehead atoms. The SMILES string of the molecule is CCc1ccc(Cl)nc1-c1nc2cc(S(C)(=O)=O)ccc2o1. The molecule has 0 radical (unpaired) electrons. The van der Waals surface area contributed by atoms with Crippen LogP contribution in [-0.4, -0.2) is 24.6 Å². The third-order valence-electron chi connectivity index (χ3n) is 3.32. The molecule has 0 amide bonds. The Bertz CT molecular complexity index is 964. The molecule has 0 saturated heterocycles. The lowest BCUT2D eigenvalue weighted by Gasteiger charge is -2.02. The van der Waals surface area contributed by atoms with Crippen LogP contribution < -0.4 is 0 Å². The van der Waals surface area contributed by atoms with Gasteiger partial charge in [-0.05, 0) is 36.2 Å². The van der Waals surface area contributed by atoms with Crippen LogP contribution in [0.2, 0.25) is 5.15 Å². The number of halogens is 1. The smallest absolute Gasteiger partial charge is 0.246 e. The van der Waals surface area contributed by atoms with Crippen LogP contribution in [0.5, 0.6) is 0 Å². The topological polar surface area (TPSA) is 73.1 Å². The number of aromatic nitrogens is 2. The van der Waals surface area contributed by atoms with Crippen LogP contribution in [0.4, 0.5) is 0 Å². The van der Waals surface area contributed by atoms with E-state index in [4.69, 9.17) is 16.0 Å². The molecule has 22 heavy (non-hydrogen) atoms. The molecule has 0 spiro atoms. The molecule has 0 saturated carbocycles. The highest BCUT2D eigenvalue weighted by molar-refractivity contribution is 7.90. The van der Waals surface area contributed by atoms with Crippen molar-refractivity contribution in [2.75, 3.05) is 6.26 Å². The van der Waals surface area contributed by atoms with Crippen molar-refractivity contribution in [3.63, 3.8) is 0 Å². The van der Waals surface area contributed by atoms with Crippen molar-refractivity contribution >= 4 is 32.5 Å². The average Bonchev–Trinajstić information content (AvgIpc) is 2.89. The second kappa shape index (κ2) is 5.37. The van der Waals surface area contributed by atoms with E-state index < -0.39 is 9.84 Å². The molecule has 2 heterocycles. The Morgan fingerprint density at radius 1 is 1.18 bits per heavy atom. The number of sulfone groups is 1. The van der Waals surface area contributed by atoms with Gasteiger partial charge in [0.15, 0.2) is 15.4 Å². The first-order valence-electron chi connectivity index (χ1n) is 6.65. The highest BCUT2D eigenvalue weighted by atomic mass is 35.5. The Balaban J connectivity index is 2.19. The lowest BCUT2D eigenvalue weighted by Crippen LogP contribution is -1.96. The van der Waals surface area contributed by atoms with Crippen molar-refractivity contribution in [3.8, 4) is 11.6 Å². The van der Waals surface area contributed by atoms with Gasteiger partial charge in [0, 0.05) is 6.26 Å². The zero-order chi connectivity index (χ0) is 15.9. The first-order valence-corrected chi connectivity index (χ1v) is 8.92. The van der Waals surface area contributed by atoms with Crippen LogP contribution in [0.3, 0.4) is 0 Å². The largest absolute Gasteiger partial charge is 0.435 e. The maximum Gasteiger partial charge on any atom is 0.246 e. The van der Waals surface area contributed by atoms with Gasteiger partial charge >= 0.3 is 0 Å². The summed E-state index contributed by atoms with van der Waals surface area (Å²) >= 11 is 5.95. The first kappa shape index (κ1) is 15.0. The summed E-state index contributed by atoms with van der Waals surface area (Å²) in [5, 5.41) is 0.353. The van der Waals surface area contributed by atoms with Crippen LogP contribution in [0, 0.1) is 0 Å². The molecule has 7 heteroatoms. The summed E-state index contributed by atoms with van der Waals surface area (Å²) in [7, 11) is -3.29. The van der Waals surface area contributed by atoms with Crippen molar-refractivity contribution < 1.29 is 12.8 Å². The van der Waals surface area contributed by atoms with Crippen molar-refractivity contribution in [1.82, 2.24) is 9.97 Å². The predicted octanol–water partition coefficient (Wildman–Crippen LogP) is 3.51. The minimum absolute atomic E-state index is 0.203. The zero-order valence-corrected chi connectivity index (χ0v) is 13.6. The molecule has 5 nitrogen and oxygen atoms in total. The Morgan fingerprint density at radius 3 is 2.64 bits per heavy atom. The molecule has 0 atom stereocenters. The van der Waals surface area contributed by atoms with Crippen molar-refractivity contribution in [2.24, 2.45) is 0 Å². The fourth-order valence-corrected chi connectivity index (χ4v) is 2.96. The average molecular weight is 337 g/mol. The fraction of sp³-hybridized carbons (Fsp3) is 0.200. The molecule has 0 N–H and O–H groups in total. The summed E-state index contributed by atoms with van der Waals surface area (Å²) in [5.41, 5.74) is 2.51. The van der Waals surface area contributed by atoms with Gasteiger partial charge in [-0.25, -0.2) is 18.4 Å². The zero-order valence-electron chi connectivity index (χ0n) is 12.0. The van der Waals surface area contributed by atoms with Gasteiger partial charge in [-0.1, -0.05) is 24.6 Å². The van der Waals surface area contributed by atoms with Crippen molar-refractivity contribution in [2.45, 2.75) is 18.2 Å². The number of hydrogen-bond donors (Lipinski definition) is 0. The molecule has 0 aliphatic carbocycles. The third-order valence-corrected chi connectivity index (χ3v) is 4.64. The van der Waals surface area contributed by atoms with E-state index in [2.05, 4.69) is 9.97 Å². The van der Waals surface area contributed by atoms with Crippen LogP contribution >= 0.6 is 11.6 Å². The predicted molar refractivity (Wildman–Crippen MR) is 84.7 cm³/mol. The monoisotopic (exact) mass is 336 g/mol. The number of fused-ring (bicyclic) bond motifs is 1. The van der Waals surface area contributed by atoms with E-state index in [0.29, 0.717) is 27.8 Å². The number of oxazole rings is 1. The summed E-state index contributed by atoms with van der Waals surface area (Å²) < 4.78 is 28.9. The number of benzene rings is 1. The van der Waals surface area contributed by atoms with Gasteiger partial charge < -0.3 is 4.42 Å². The number of pyridine rings is 1. The molecule has 2 aromatic heterocycles. The molecular weight excluding hydrogens is 324 g/mol. The second-order valence-electron chi connectivity index (χ2n) is 4.92. The number of nitrogens with zero attached hydrogens (tertiary/aromatic N) is 2. The molecule has 0 aliphatic heterocycles. The summed E-state index contributed by atoms with van der Waals surface area (Å²) in [6.07, 6.45) is 1.91. The van der Waals surface area contributed by atoms with Crippen LogP contribution in [0.25, 0.3) is 22.7 Å². The van der Waals surface area contributed by atoms with Gasteiger partial charge in [-0.2, -0.15) is 0 Å². The molecule has 3 rings (SSSR count). The van der Waals surface area contributed by atoms with E-state index in [9.17, 15) is 8.42 Å². The number of rotatable bonds is 3. The first-order chi connectivity index (χ1) is 10.4. The minimum Gasteiger partial charge on any atom is -0.435 e. The Hall–Kier alpha value is -1.92. The summed E-state index contributed by atoms with van der Waals surface area (Å²) in [5.74, 6) is 0.333. The normalized spacial score (nSPS) is 12.0. The maximum absolute atomic E-state index is 11.6. The van der Waals surface area contributed by atoms with Gasteiger partial charge in [0.2, 0.25) is 5.89 Å². The lowest BCUT2D eigenvalue weighted by atomic mass is 10.1. The second-order valence-corrected chi connectivity index (χ2v) is 7.32. The van der Waals surface area contributed by atoms with E-state index in [1.165, 1.54) is 12.1 Å². The quantitative estimate of drug-likeness (QED) is 0.684. The molecule has 1 aromatic carbocycles. The van der Waals surface area contributed by atoms with Crippen LogP contribution in [-0.2, 0) is 16.3 Å². The van der Waals surface area contributed by atoms with Gasteiger partial charge in [-0.15, -0.1) is 0 Å². The van der Waals surface area contributed by atoms with Crippen molar-refractivity contribution in [1.29, 1.82) is 0 Å². The van der Waals surface area contributed by atoms with Gasteiger partial charge in [0.25, 0.3) is 0 Å². The molecule has 0 aliphatic rings. The van der Waals surface area contributed by atoms with Gasteiger partial charge in [0.1, 0.15) is 16.4 Å². The van der Waals surface area contributed by atoms with E-state index in [1.807, 2.05) is 13.0 Å². The summed E-state index contributed by atoms with van der Waals surface area (Å²) in [4.78, 5) is 8.83. The number of aryl methyl sites for hydroxylation is 1. The highest BCUT2D eigenvalue weighted by Gasteiger charge is 2.16. The maximum atomic E-state index is 11.6. The van der Waals surface area contributed by atoms with E-state index in [1.54, 1.807) is 12.1 Å². The standard InChI is InChI=1S/C15H13ClN2O3S/c1-3-9-4-7-13(16)18-14(9)15-17-11-8-10(22(2,19)20)5-6-12(11)21-15/h4-8H,3H2,1-2H3. The molecular formula is C15H13ClN2O3S. The van der Waals surface area contributed by atoms with Crippen LogP contribution in [0.15, 0.2) is 39.6 Å². The lowest BCUT2D eigenvalue weighted by molar-refractivity contribution is 0.602. The minimum atomic E-state index is -3.29. The van der Waals surface area contributed by atoms with Gasteiger partial charge in [-0.3, -0.25) is 0 Å². The molecule has 0 fully saturated rings. The fourth-order valence-electron chi connectivity index (χ4n) is 2.17. The molecule has 3 aromatic rings. The third kappa shape index (κ3) is 2.71. The molecule has 0 unspecified atom stereocenters. The molecule has 114 valence electrons. The number of hydrogen-bond acceptors (Lipinski definition) is 5. The highest BCUT2D eigenvalue weighted by Crippen LogP contribution is 2.28. The summed E-state index contributed by atoms with van der Waals surface area (Å²) in [6.45, 7) is 2.00. The van der Waals surface area contributed by atoms with E-state index in [-0.39, 0.29) is 4.90 Å². The Morgan fingerprint density at radius 2 is 1.95 bits per heavy atom. The van der Waals surface area contributed by atoms with Crippen molar-refractivity contribution in [3.05, 3.63) is 41.0 Å². The Kier molecular flexibility index (Phi) is 3.66. The van der Waals surface area contributed by atoms with Gasteiger partial charge in [0.05, 0.1) is 4.90 Å². The summed E-state index contributed by atoms with van der Waals surface area (Å²) in [6, 6.07) is 8.18. The van der Waals surface area contributed by atoms with E-state index in [0.717, 1.165) is 18.2 Å².